The van der Waals surface area contributed by atoms with Gasteiger partial charge < -0.3 is 4.57 Å². The highest BCUT2D eigenvalue weighted by atomic mass is 19.1. The van der Waals surface area contributed by atoms with Crippen LogP contribution in [0.3, 0.4) is 0 Å². The van der Waals surface area contributed by atoms with E-state index in [2.05, 4.69) is 4.98 Å². The summed E-state index contributed by atoms with van der Waals surface area (Å²) in [5.41, 5.74) is 2.24. The van der Waals surface area contributed by atoms with E-state index in [1.165, 1.54) is 17.0 Å². The Morgan fingerprint density at radius 2 is 1.83 bits per heavy atom. The first-order valence-corrected chi connectivity index (χ1v) is 7.18. The maximum atomic E-state index is 13.1. The fourth-order valence-corrected chi connectivity index (χ4v) is 2.46. The molecule has 0 unspecified atom stereocenters. The van der Waals surface area contributed by atoms with Crippen molar-refractivity contribution in [2.45, 2.75) is 0 Å². The van der Waals surface area contributed by atoms with Crippen molar-refractivity contribution >= 4 is 11.7 Å². The summed E-state index contributed by atoms with van der Waals surface area (Å²) >= 11 is 0. The fraction of sp³-hybridized carbons (Fsp3) is 0.111. The number of benzene rings is 1. The normalized spacial score (nSPS) is 10.6. The van der Waals surface area contributed by atoms with Crippen LogP contribution in [-0.4, -0.2) is 22.5 Å². The number of nitrogens with zero attached hydrogens (tertiary/aromatic N) is 3. The van der Waals surface area contributed by atoms with E-state index in [0.29, 0.717) is 11.5 Å². The smallest absolute Gasteiger partial charge is 0.275 e. The molecule has 0 saturated heterocycles. The Balaban J connectivity index is 1.92. The first-order valence-electron chi connectivity index (χ1n) is 7.18. The molecule has 1 amide bonds. The van der Waals surface area contributed by atoms with E-state index in [1.54, 1.807) is 48.1 Å². The van der Waals surface area contributed by atoms with Crippen molar-refractivity contribution in [1.82, 2.24) is 9.55 Å². The van der Waals surface area contributed by atoms with Gasteiger partial charge in [0.25, 0.3) is 5.91 Å². The average molecular weight is 309 g/mol. The summed E-state index contributed by atoms with van der Waals surface area (Å²) in [7, 11) is 3.51. The standard InChI is InChI=1S/C18H16FN3O/c1-21-15(13-6-8-14(19)9-7-13)10-11-16(21)18(23)22(2)17-5-3-4-12-20-17/h3-12H,1-2H3. The molecule has 0 aliphatic heterocycles. The number of hydrogen-bond donors (Lipinski definition) is 0. The minimum Gasteiger partial charge on any atom is -0.340 e. The molecule has 2 heterocycles. The minimum absolute atomic E-state index is 0.153. The van der Waals surface area contributed by atoms with Gasteiger partial charge in [0.1, 0.15) is 17.3 Å². The van der Waals surface area contributed by atoms with Gasteiger partial charge in [-0.25, -0.2) is 9.37 Å². The minimum atomic E-state index is -0.283. The third kappa shape index (κ3) is 2.85. The number of anilines is 1. The molecule has 0 atom stereocenters. The second-order valence-electron chi connectivity index (χ2n) is 5.22. The summed E-state index contributed by atoms with van der Waals surface area (Å²) in [5.74, 6) is 0.149. The molecule has 3 rings (SSSR count). The van der Waals surface area contributed by atoms with Crippen molar-refractivity contribution in [2.75, 3.05) is 11.9 Å². The Hall–Kier alpha value is -2.95. The predicted octanol–water partition coefficient (Wildman–Crippen LogP) is 3.50. The van der Waals surface area contributed by atoms with Crippen LogP contribution in [0.25, 0.3) is 11.3 Å². The second kappa shape index (κ2) is 6.04. The number of aromatic nitrogens is 2. The van der Waals surface area contributed by atoms with Gasteiger partial charge in [0.05, 0.1) is 0 Å². The number of hydrogen-bond acceptors (Lipinski definition) is 2. The third-order valence-electron chi connectivity index (χ3n) is 3.78. The van der Waals surface area contributed by atoms with Crippen LogP contribution < -0.4 is 4.90 Å². The zero-order valence-corrected chi connectivity index (χ0v) is 12.9. The van der Waals surface area contributed by atoms with Crippen LogP contribution in [0.4, 0.5) is 10.2 Å². The molecule has 0 aliphatic rings. The van der Waals surface area contributed by atoms with Crippen LogP contribution in [0.1, 0.15) is 10.5 Å². The predicted molar refractivity (Wildman–Crippen MR) is 87.8 cm³/mol. The van der Waals surface area contributed by atoms with Gasteiger partial charge in [-0.05, 0) is 54.1 Å². The summed E-state index contributed by atoms with van der Waals surface area (Å²) in [4.78, 5) is 18.4. The lowest BCUT2D eigenvalue weighted by Crippen LogP contribution is -2.28. The lowest BCUT2D eigenvalue weighted by molar-refractivity contribution is 0.0984. The number of rotatable bonds is 3. The van der Waals surface area contributed by atoms with E-state index in [9.17, 15) is 9.18 Å². The topological polar surface area (TPSA) is 38.1 Å². The molecule has 3 aromatic rings. The van der Waals surface area contributed by atoms with Crippen LogP contribution in [0.15, 0.2) is 60.8 Å². The molecule has 4 nitrogen and oxygen atoms in total. The zero-order valence-electron chi connectivity index (χ0n) is 12.9. The van der Waals surface area contributed by atoms with Gasteiger partial charge in [-0.3, -0.25) is 9.69 Å². The van der Waals surface area contributed by atoms with Crippen LogP contribution >= 0.6 is 0 Å². The van der Waals surface area contributed by atoms with Gasteiger partial charge in [0.15, 0.2) is 0 Å². The van der Waals surface area contributed by atoms with Crippen LogP contribution in [0.5, 0.6) is 0 Å². The first-order chi connectivity index (χ1) is 11.1. The lowest BCUT2D eigenvalue weighted by atomic mass is 10.1. The Bertz CT molecular complexity index is 825. The maximum Gasteiger partial charge on any atom is 0.275 e. The molecule has 0 fully saturated rings. The molecule has 0 N–H and O–H groups in total. The summed E-state index contributed by atoms with van der Waals surface area (Å²) in [6, 6.07) is 15.2. The van der Waals surface area contributed by atoms with Crippen LogP contribution in [0.2, 0.25) is 0 Å². The molecule has 116 valence electrons. The number of carbonyl (C=O) groups excluding carboxylic acids is 1. The van der Waals surface area contributed by atoms with Crippen molar-refractivity contribution in [1.29, 1.82) is 0 Å². The number of amides is 1. The zero-order chi connectivity index (χ0) is 16.4. The molecule has 0 radical (unpaired) electrons. The second-order valence-corrected chi connectivity index (χ2v) is 5.22. The largest absolute Gasteiger partial charge is 0.340 e. The van der Waals surface area contributed by atoms with Crippen molar-refractivity contribution in [3.05, 3.63) is 72.3 Å². The van der Waals surface area contributed by atoms with Gasteiger partial charge >= 0.3 is 0 Å². The average Bonchev–Trinajstić information content (AvgIpc) is 2.96. The van der Waals surface area contributed by atoms with Gasteiger partial charge in [-0.1, -0.05) is 6.07 Å². The van der Waals surface area contributed by atoms with Gasteiger partial charge in [0.2, 0.25) is 0 Å². The molecule has 1 aromatic carbocycles. The first kappa shape index (κ1) is 15.0. The molecular weight excluding hydrogens is 293 g/mol. The van der Waals surface area contributed by atoms with E-state index in [4.69, 9.17) is 0 Å². The molecule has 0 bridgehead atoms. The maximum absolute atomic E-state index is 13.1. The third-order valence-corrected chi connectivity index (χ3v) is 3.78. The van der Waals surface area contributed by atoms with Gasteiger partial charge in [0, 0.05) is 26.0 Å². The van der Waals surface area contributed by atoms with Crippen molar-refractivity contribution < 1.29 is 9.18 Å². The van der Waals surface area contributed by atoms with Crippen LogP contribution in [-0.2, 0) is 7.05 Å². The Morgan fingerprint density at radius 1 is 1.09 bits per heavy atom. The number of halogens is 1. The molecule has 5 heteroatoms. The molecule has 23 heavy (non-hydrogen) atoms. The van der Waals surface area contributed by atoms with E-state index >= 15 is 0 Å². The monoisotopic (exact) mass is 309 g/mol. The highest BCUT2D eigenvalue weighted by molar-refractivity contribution is 6.04. The molecular formula is C18H16FN3O. The Kier molecular flexibility index (Phi) is 3.93. The summed E-state index contributed by atoms with van der Waals surface area (Å²) in [6.45, 7) is 0. The molecule has 2 aromatic heterocycles. The van der Waals surface area contributed by atoms with Gasteiger partial charge in [-0.15, -0.1) is 0 Å². The highest BCUT2D eigenvalue weighted by Crippen LogP contribution is 2.23. The van der Waals surface area contributed by atoms with E-state index in [-0.39, 0.29) is 11.7 Å². The Labute approximate surface area is 133 Å². The van der Waals surface area contributed by atoms with Crippen LogP contribution in [0, 0.1) is 5.82 Å². The van der Waals surface area contributed by atoms with Crippen molar-refractivity contribution in [2.24, 2.45) is 7.05 Å². The fourth-order valence-electron chi connectivity index (χ4n) is 2.46. The van der Waals surface area contributed by atoms with Gasteiger partial charge in [-0.2, -0.15) is 0 Å². The van der Waals surface area contributed by atoms with E-state index < -0.39 is 0 Å². The molecule has 0 spiro atoms. The van der Waals surface area contributed by atoms with Crippen molar-refractivity contribution in [3.63, 3.8) is 0 Å². The summed E-state index contributed by atoms with van der Waals surface area (Å²) < 4.78 is 14.9. The number of carbonyl (C=O) groups is 1. The molecule has 0 saturated carbocycles. The van der Waals surface area contributed by atoms with E-state index in [1.807, 2.05) is 19.2 Å². The van der Waals surface area contributed by atoms with E-state index in [0.717, 1.165) is 11.3 Å². The SMILES string of the molecule is CN(C(=O)c1ccc(-c2ccc(F)cc2)n1C)c1ccccn1. The lowest BCUT2D eigenvalue weighted by Gasteiger charge is -2.17. The molecule has 0 aliphatic carbocycles. The number of pyridine rings is 1. The summed E-state index contributed by atoms with van der Waals surface area (Å²) in [6.07, 6.45) is 1.65. The highest BCUT2D eigenvalue weighted by Gasteiger charge is 2.19. The summed E-state index contributed by atoms with van der Waals surface area (Å²) in [5, 5.41) is 0. The quantitative estimate of drug-likeness (QED) is 0.742. The van der Waals surface area contributed by atoms with Crippen molar-refractivity contribution in [3.8, 4) is 11.3 Å². The Morgan fingerprint density at radius 3 is 2.48 bits per heavy atom.